The lowest BCUT2D eigenvalue weighted by Gasteiger charge is -1.98. The SMILES string of the molecule is C#CC(C)CC[CH]C. The fourth-order valence-corrected chi connectivity index (χ4v) is 0.500. The van der Waals surface area contributed by atoms with Crippen molar-refractivity contribution >= 4 is 0 Å². The van der Waals surface area contributed by atoms with Crippen LogP contribution in [0.1, 0.15) is 26.7 Å². The van der Waals surface area contributed by atoms with Crippen LogP contribution in [0.15, 0.2) is 0 Å². The van der Waals surface area contributed by atoms with Crippen LogP contribution in [0, 0.1) is 24.7 Å². The van der Waals surface area contributed by atoms with Gasteiger partial charge in [0.15, 0.2) is 0 Å². The highest BCUT2D eigenvalue weighted by Crippen LogP contribution is 2.03. The summed E-state index contributed by atoms with van der Waals surface area (Å²) in [6.07, 6.45) is 9.57. The smallest absolute Gasteiger partial charge is 0.0172 e. The minimum Gasteiger partial charge on any atom is -0.120 e. The molecular weight excluding hydrogens is 96.1 g/mol. The molecule has 1 unspecified atom stereocenters. The monoisotopic (exact) mass is 109 g/mol. The molecule has 0 heterocycles. The van der Waals surface area contributed by atoms with Gasteiger partial charge in [-0.3, -0.25) is 0 Å². The van der Waals surface area contributed by atoms with Crippen molar-refractivity contribution in [1.29, 1.82) is 0 Å². The van der Waals surface area contributed by atoms with E-state index in [4.69, 9.17) is 6.42 Å². The molecule has 0 spiro atoms. The molecule has 0 aromatic carbocycles. The average Bonchev–Trinajstić information content (AvgIpc) is 1.83. The van der Waals surface area contributed by atoms with Gasteiger partial charge in [0, 0.05) is 5.92 Å². The lowest BCUT2D eigenvalue weighted by molar-refractivity contribution is 0.663. The maximum Gasteiger partial charge on any atom is 0.0172 e. The third-order valence-corrected chi connectivity index (χ3v) is 1.17. The molecular formula is C8H13. The minimum absolute atomic E-state index is 0.450. The Morgan fingerprint density at radius 3 is 2.75 bits per heavy atom. The van der Waals surface area contributed by atoms with E-state index in [9.17, 15) is 0 Å². The Morgan fingerprint density at radius 1 is 1.75 bits per heavy atom. The third kappa shape index (κ3) is 3.74. The van der Waals surface area contributed by atoms with Gasteiger partial charge in [0.1, 0.15) is 0 Å². The molecule has 0 saturated carbocycles. The zero-order valence-corrected chi connectivity index (χ0v) is 5.65. The molecule has 0 nitrogen and oxygen atoms in total. The fraction of sp³-hybridized carbons (Fsp3) is 0.625. The van der Waals surface area contributed by atoms with Crippen molar-refractivity contribution in [3.63, 3.8) is 0 Å². The molecule has 0 aliphatic heterocycles. The molecule has 0 aromatic rings. The van der Waals surface area contributed by atoms with Gasteiger partial charge >= 0.3 is 0 Å². The maximum atomic E-state index is 5.15. The first-order valence-electron chi connectivity index (χ1n) is 3.05. The lowest BCUT2D eigenvalue weighted by atomic mass is 10.1. The van der Waals surface area contributed by atoms with Crippen LogP contribution in [-0.4, -0.2) is 0 Å². The molecule has 0 aliphatic carbocycles. The third-order valence-electron chi connectivity index (χ3n) is 1.17. The summed E-state index contributed by atoms with van der Waals surface area (Å²) < 4.78 is 0. The molecule has 45 valence electrons. The predicted octanol–water partition coefficient (Wildman–Crippen LogP) is 2.26. The van der Waals surface area contributed by atoms with Crippen molar-refractivity contribution in [1.82, 2.24) is 0 Å². The fourth-order valence-electron chi connectivity index (χ4n) is 0.500. The molecule has 1 atom stereocenters. The summed E-state index contributed by atoms with van der Waals surface area (Å²) in [5.41, 5.74) is 0. The van der Waals surface area contributed by atoms with E-state index in [1.807, 2.05) is 0 Å². The van der Waals surface area contributed by atoms with Crippen LogP contribution in [-0.2, 0) is 0 Å². The minimum atomic E-state index is 0.450. The molecule has 0 saturated heterocycles. The summed E-state index contributed by atoms with van der Waals surface area (Å²) in [6.45, 7) is 4.13. The van der Waals surface area contributed by atoms with Crippen LogP contribution < -0.4 is 0 Å². The highest BCUT2D eigenvalue weighted by Gasteiger charge is 1.92. The van der Waals surface area contributed by atoms with Gasteiger partial charge in [0.25, 0.3) is 0 Å². The Morgan fingerprint density at radius 2 is 2.38 bits per heavy atom. The van der Waals surface area contributed by atoms with Crippen LogP contribution in [0.2, 0.25) is 0 Å². The van der Waals surface area contributed by atoms with Gasteiger partial charge in [-0.15, -0.1) is 12.3 Å². The normalized spacial score (nSPS) is 12.6. The molecule has 0 heteroatoms. The molecule has 0 bridgehead atoms. The topological polar surface area (TPSA) is 0 Å². The first-order chi connectivity index (χ1) is 3.81. The van der Waals surface area contributed by atoms with E-state index in [0.29, 0.717) is 5.92 Å². The Kier molecular flexibility index (Phi) is 4.45. The quantitative estimate of drug-likeness (QED) is 0.488. The van der Waals surface area contributed by atoms with E-state index in [2.05, 4.69) is 26.2 Å². The summed E-state index contributed by atoms with van der Waals surface area (Å²) in [6, 6.07) is 0. The van der Waals surface area contributed by atoms with Gasteiger partial charge < -0.3 is 0 Å². The summed E-state index contributed by atoms with van der Waals surface area (Å²) in [5.74, 6) is 3.13. The Balaban J connectivity index is 3.02. The van der Waals surface area contributed by atoms with E-state index in [1.54, 1.807) is 0 Å². The number of rotatable bonds is 3. The molecule has 0 aliphatic rings. The zero-order chi connectivity index (χ0) is 6.41. The first kappa shape index (κ1) is 7.56. The van der Waals surface area contributed by atoms with Crippen LogP contribution in [0.3, 0.4) is 0 Å². The van der Waals surface area contributed by atoms with E-state index in [-0.39, 0.29) is 0 Å². The second kappa shape index (κ2) is 4.71. The van der Waals surface area contributed by atoms with E-state index < -0.39 is 0 Å². The van der Waals surface area contributed by atoms with Crippen LogP contribution >= 0.6 is 0 Å². The molecule has 0 aromatic heterocycles. The number of hydrogen-bond donors (Lipinski definition) is 0. The van der Waals surface area contributed by atoms with Crippen molar-refractivity contribution in [2.75, 3.05) is 0 Å². The van der Waals surface area contributed by atoms with Gasteiger partial charge in [0.05, 0.1) is 0 Å². The lowest BCUT2D eigenvalue weighted by Crippen LogP contribution is -1.87. The van der Waals surface area contributed by atoms with Crippen LogP contribution in [0.4, 0.5) is 0 Å². The zero-order valence-electron chi connectivity index (χ0n) is 5.65. The summed E-state index contributed by atoms with van der Waals surface area (Å²) >= 11 is 0. The van der Waals surface area contributed by atoms with Crippen molar-refractivity contribution in [2.45, 2.75) is 26.7 Å². The predicted molar refractivity (Wildman–Crippen MR) is 37.2 cm³/mol. The van der Waals surface area contributed by atoms with Crippen LogP contribution in [0.5, 0.6) is 0 Å². The largest absolute Gasteiger partial charge is 0.120 e. The molecule has 0 rings (SSSR count). The molecule has 0 N–H and O–H groups in total. The van der Waals surface area contributed by atoms with Crippen molar-refractivity contribution < 1.29 is 0 Å². The number of hydrogen-bond acceptors (Lipinski definition) is 0. The summed E-state index contributed by atoms with van der Waals surface area (Å²) in [4.78, 5) is 0. The van der Waals surface area contributed by atoms with Gasteiger partial charge in [-0.25, -0.2) is 0 Å². The highest BCUT2D eigenvalue weighted by molar-refractivity contribution is 4.90. The molecule has 0 amide bonds. The number of terminal acetylenes is 1. The Bertz CT molecular complexity index is 76.5. The van der Waals surface area contributed by atoms with E-state index in [1.165, 1.54) is 0 Å². The van der Waals surface area contributed by atoms with Gasteiger partial charge in [0.2, 0.25) is 0 Å². The average molecular weight is 109 g/mol. The van der Waals surface area contributed by atoms with Gasteiger partial charge in [-0.1, -0.05) is 13.8 Å². The van der Waals surface area contributed by atoms with Crippen molar-refractivity contribution in [3.05, 3.63) is 6.42 Å². The Hall–Kier alpha value is -0.440. The second-order valence-corrected chi connectivity index (χ2v) is 2.05. The standard InChI is InChI=1S/C8H13/c1-4-6-7-8(3)5-2/h2,4,8H,6-7H2,1,3H3. The van der Waals surface area contributed by atoms with Crippen molar-refractivity contribution in [2.24, 2.45) is 5.92 Å². The molecule has 1 radical (unpaired) electrons. The van der Waals surface area contributed by atoms with E-state index >= 15 is 0 Å². The van der Waals surface area contributed by atoms with Gasteiger partial charge in [-0.05, 0) is 19.3 Å². The molecule has 8 heavy (non-hydrogen) atoms. The number of unbranched alkanes of at least 4 members (excludes halogenated alkanes) is 1. The second-order valence-electron chi connectivity index (χ2n) is 2.05. The first-order valence-corrected chi connectivity index (χ1v) is 3.05. The van der Waals surface area contributed by atoms with E-state index in [0.717, 1.165) is 12.8 Å². The summed E-state index contributed by atoms with van der Waals surface area (Å²) in [7, 11) is 0. The van der Waals surface area contributed by atoms with Gasteiger partial charge in [-0.2, -0.15) is 0 Å². The molecule has 0 fully saturated rings. The highest BCUT2D eigenvalue weighted by atomic mass is 14.0. The van der Waals surface area contributed by atoms with Crippen molar-refractivity contribution in [3.8, 4) is 12.3 Å². The van der Waals surface area contributed by atoms with Crippen LogP contribution in [0.25, 0.3) is 0 Å². The summed E-state index contributed by atoms with van der Waals surface area (Å²) in [5, 5.41) is 0. The maximum absolute atomic E-state index is 5.15. The Labute approximate surface area is 52.3 Å².